The fourth-order valence-electron chi connectivity index (χ4n) is 2.37. The Morgan fingerprint density at radius 3 is 2.76 bits per heavy atom. The maximum absolute atomic E-state index is 12.2. The Morgan fingerprint density at radius 2 is 2.12 bits per heavy atom. The van der Waals surface area contributed by atoms with Gasteiger partial charge in [0.15, 0.2) is 0 Å². The van der Waals surface area contributed by atoms with E-state index < -0.39 is 0 Å². The molecule has 90 valence electrons. The summed E-state index contributed by atoms with van der Waals surface area (Å²) in [5.74, 6) is 0.185. The van der Waals surface area contributed by atoms with Crippen molar-refractivity contribution < 1.29 is 4.79 Å². The number of nitrogens with zero attached hydrogens (tertiary/aromatic N) is 2. The molecule has 1 fully saturated rings. The molecule has 0 saturated carbocycles. The first-order valence-electron chi connectivity index (χ1n) is 5.70. The Morgan fingerprint density at radius 1 is 1.35 bits per heavy atom. The van der Waals surface area contributed by atoms with Crippen LogP contribution in [0.1, 0.15) is 0 Å². The third kappa shape index (κ3) is 1.73. The minimum Gasteiger partial charge on any atom is -0.364 e. The molecule has 0 spiro atoms. The number of amides is 1. The predicted octanol–water partition coefficient (Wildman–Crippen LogP) is 1.20. The minimum atomic E-state index is 0.185. The molecule has 0 radical (unpaired) electrons. The van der Waals surface area contributed by atoms with Crippen molar-refractivity contribution in [3.05, 3.63) is 22.7 Å². The number of hydrogen-bond donors (Lipinski definition) is 1. The normalized spacial score (nSPS) is 20.2. The van der Waals surface area contributed by atoms with Gasteiger partial charge < -0.3 is 15.1 Å². The van der Waals surface area contributed by atoms with Gasteiger partial charge in [-0.1, -0.05) is 15.9 Å². The number of nitrogens with one attached hydrogen (secondary N) is 1. The average molecular weight is 296 g/mol. The van der Waals surface area contributed by atoms with Gasteiger partial charge in [0, 0.05) is 24.6 Å². The number of carbonyl (C=O) groups is 1. The van der Waals surface area contributed by atoms with Crippen molar-refractivity contribution in [3.8, 4) is 0 Å². The van der Waals surface area contributed by atoms with Crippen LogP contribution in [-0.2, 0) is 4.79 Å². The van der Waals surface area contributed by atoms with Gasteiger partial charge in [-0.25, -0.2) is 0 Å². The Bertz CT molecular complexity index is 473. The second-order valence-electron chi connectivity index (χ2n) is 4.56. The minimum absolute atomic E-state index is 0.185. The molecule has 5 heteroatoms. The summed E-state index contributed by atoms with van der Waals surface area (Å²) in [6.45, 7) is 2.24. The van der Waals surface area contributed by atoms with Gasteiger partial charge in [0.25, 0.3) is 0 Å². The van der Waals surface area contributed by atoms with Crippen molar-refractivity contribution in [3.63, 3.8) is 0 Å². The SMILES string of the molecule is CN1CC(=O)N(C2CNC2)c2cc(Br)ccc21. The highest BCUT2D eigenvalue weighted by atomic mass is 79.9. The van der Waals surface area contributed by atoms with Crippen molar-refractivity contribution >= 4 is 33.2 Å². The zero-order valence-corrected chi connectivity index (χ0v) is 11.2. The van der Waals surface area contributed by atoms with Crippen LogP contribution in [0.25, 0.3) is 0 Å². The van der Waals surface area contributed by atoms with E-state index in [1.807, 2.05) is 29.0 Å². The Labute approximate surface area is 109 Å². The molecule has 1 saturated heterocycles. The molecule has 4 nitrogen and oxygen atoms in total. The van der Waals surface area contributed by atoms with Crippen LogP contribution >= 0.6 is 15.9 Å². The monoisotopic (exact) mass is 295 g/mol. The first kappa shape index (κ1) is 11.0. The standard InChI is InChI=1S/C12H14BrN3O/c1-15-7-12(17)16(9-5-14-6-9)11-4-8(13)2-3-10(11)15/h2-4,9,14H,5-7H2,1H3. The van der Waals surface area contributed by atoms with Crippen LogP contribution in [0.5, 0.6) is 0 Å². The zero-order chi connectivity index (χ0) is 12.0. The third-order valence-electron chi connectivity index (χ3n) is 3.37. The van der Waals surface area contributed by atoms with Crippen LogP contribution in [0, 0.1) is 0 Å². The van der Waals surface area contributed by atoms with Crippen molar-refractivity contribution in [2.75, 3.05) is 36.5 Å². The van der Waals surface area contributed by atoms with Crippen LogP contribution < -0.4 is 15.1 Å². The molecule has 2 aliphatic rings. The number of carbonyl (C=O) groups excluding carboxylic acids is 1. The zero-order valence-electron chi connectivity index (χ0n) is 9.61. The molecule has 3 rings (SSSR count). The summed E-state index contributed by atoms with van der Waals surface area (Å²) in [5, 5.41) is 3.22. The molecule has 1 aromatic carbocycles. The highest BCUT2D eigenvalue weighted by molar-refractivity contribution is 9.10. The smallest absolute Gasteiger partial charge is 0.246 e. The highest BCUT2D eigenvalue weighted by Gasteiger charge is 2.35. The van der Waals surface area contributed by atoms with Gasteiger partial charge in [-0.3, -0.25) is 4.79 Å². The number of hydrogen-bond acceptors (Lipinski definition) is 3. The molecule has 0 aliphatic carbocycles. The van der Waals surface area contributed by atoms with Gasteiger partial charge in [-0.2, -0.15) is 0 Å². The lowest BCUT2D eigenvalue weighted by Gasteiger charge is -2.43. The number of anilines is 2. The summed E-state index contributed by atoms with van der Waals surface area (Å²) >= 11 is 3.47. The van der Waals surface area contributed by atoms with Gasteiger partial charge in [0.05, 0.1) is 24.0 Å². The van der Waals surface area contributed by atoms with E-state index >= 15 is 0 Å². The van der Waals surface area contributed by atoms with E-state index in [2.05, 4.69) is 27.3 Å². The second kappa shape index (κ2) is 3.99. The first-order valence-corrected chi connectivity index (χ1v) is 6.49. The van der Waals surface area contributed by atoms with Crippen LogP contribution in [0.3, 0.4) is 0 Å². The lowest BCUT2D eigenvalue weighted by Crippen LogP contribution is -2.62. The molecule has 1 amide bonds. The van der Waals surface area contributed by atoms with Crippen LogP contribution in [0.4, 0.5) is 11.4 Å². The van der Waals surface area contributed by atoms with Crippen LogP contribution in [0.2, 0.25) is 0 Å². The summed E-state index contributed by atoms with van der Waals surface area (Å²) in [7, 11) is 1.96. The Hall–Kier alpha value is -1.07. The summed E-state index contributed by atoms with van der Waals surface area (Å²) in [6.07, 6.45) is 0. The molecule has 2 aliphatic heterocycles. The molecule has 0 bridgehead atoms. The summed E-state index contributed by atoms with van der Waals surface area (Å²) < 4.78 is 1.01. The highest BCUT2D eigenvalue weighted by Crippen LogP contribution is 2.36. The molecule has 0 aromatic heterocycles. The number of halogens is 1. The summed E-state index contributed by atoms with van der Waals surface area (Å²) in [6, 6.07) is 6.42. The summed E-state index contributed by atoms with van der Waals surface area (Å²) in [4.78, 5) is 16.1. The molecule has 1 aromatic rings. The molecule has 1 N–H and O–H groups in total. The molecular formula is C12H14BrN3O. The Kier molecular flexibility index (Phi) is 2.60. The molecule has 17 heavy (non-hydrogen) atoms. The number of fused-ring (bicyclic) bond motifs is 1. The number of likely N-dealkylation sites (N-methyl/N-ethyl adjacent to an activating group) is 1. The topological polar surface area (TPSA) is 35.6 Å². The summed E-state index contributed by atoms with van der Waals surface area (Å²) in [5.41, 5.74) is 2.14. The van der Waals surface area contributed by atoms with Crippen molar-refractivity contribution in [2.45, 2.75) is 6.04 Å². The second-order valence-corrected chi connectivity index (χ2v) is 5.48. The van der Waals surface area contributed by atoms with Gasteiger partial charge >= 0.3 is 0 Å². The number of rotatable bonds is 1. The van der Waals surface area contributed by atoms with E-state index in [-0.39, 0.29) is 5.91 Å². The van der Waals surface area contributed by atoms with E-state index in [1.165, 1.54) is 0 Å². The van der Waals surface area contributed by atoms with Crippen LogP contribution in [0.15, 0.2) is 22.7 Å². The van der Waals surface area contributed by atoms with Gasteiger partial charge in [0.1, 0.15) is 0 Å². The lowest BCUT2D eigenvalue weighted by atomic mass is 10.1. The van der Waals surface area contributed by atoms with E-state index in [1.54, 1.807) is 0 Å². The molecule has 0 atom stereocenters. The fourth-order valence-corrected chi connectivity index (χ4v) is 2.72. The van der Waals surface area contributed by atoms with Crippen molar-refractivity contribution in [1.29, 1.82) is 0 Å². The lowest BCUT2D eigenvalue weighted by molar-refractivity contribution is -0.118. The predicted molar refractivity (Wildman–Crippen MR) is 71.6 cm³/mol. The van der Waals surface area contributed by atoms with Crippen molar-refractivity contribution in [2.24, 2.45) is 0 Å². The van der Waals surface area contributed by atoms with Gasteiger partial charge in [0.2, 0.25) is 5.91 Å². The van der Waals surface area contributed by atoms with E-state index in [0.29, 0.717) is 12.6 Å². The molecule has 0 unspecified atom stereocenters. The van der Waals surface area contributed by atoms with E-state index in [4.69, 9.17) is 0 Å². The quantitative estimate of drug-likeness (QED) is 0.846. The first-order chi connectivity index (χ1) is 8.16. The largest absolute Gasteiger partial charge is 0.364 e. The van der Waals surface area contributed by atoms with Gasteiger partial charge in [-0.15, -0.1) is 0 Å². The maximum atomic E-state index is 12.2. The molecule has 2 heterocycles. The maximum Gasteiger partial charge on any atom is 0.246 e. The molecular weight excluding hydrogens is 282 g/mol. The fraction of sp³-hybridized carbons (Fsp3) is 0.417. The third-order valence-corrected chi connectivity index (χ3v) is 3.87. The van der Waals surface area contributed by atoms with Gasteiger partial charge in [-0.05, 0) is 18.2 Å². The Balaban J connectivity index is 2.07. The van der Waals surface area contributed by atoms with E-state index in [9.17, 15) is 4.79 Å². The van der Waals surface area contributed by atoms with Crippen molar-refractivity contribution in [1.82, 2.24) is 5.32 Å². The van der Waals surface area contributed by atoms with E-state index in [0.717, 1.165) is 28.9 Å². The number of benzene rings is 1. The van der Waals surface area contributed by atoms with Crippen LogP contribution in [-0.4, -0.2) is 38.6 Å². The average Bonchev–Trinajstić information content (AvgIpc) is 2.20.